The maximum atomic E-state index is 12.8. The number of piperidine rings is 1. The van der Waals surface area contributed by atoms with Crippen LogP contribution < -0.4 is 5.63 Å². The summed E-state index contributed by atoms with van der Waals surface area (Å²) in [6.45, 7) is 6.98. The second kappa shape index (κ2) is 6.26. The number of phenols is 2. The summed E-state index contributed by atoms with van der Waals surface area (Å²) in [6, 6.07) is 7.90. The van der Waals surface area contributed by atoms with Gasteiger partial charge in [0, 0.05) is 23.6 Å². The van der Waals surface area contributed by atoms with Crippen LogP contribution in [-0.4, -0.2) is 28.2 Å². The van der Waals surface area contributed by atoms with Gasteiger partial charge >= 0.3 is 5.63 Å². The zero-order valence-corrected chi connectivity index (χ0v) is 16.5. The molecule has 0 unspecified atom stereocenters. The number of rotatable bonds is 2. The van der Waals surface area contributed by atoms with Crippen LogP contribution in [-0.2, 0) is 6.54 Å². The van der Waals surface area contributed by atoms with E-state index in [-0.39, 0.29) is 17.1 Å². The van der Waals surface area contributed by atoms with Crippen molar-refractivity contribution in [2.75, 3.05) is 13.1 Å². The van der Waals surface area contributed by atoms with Crippen molar-refractivity contribution in [3.8, 4) is 11.5 Å². The van der Waals surface area contributed by atoms with Crippen molar-refractivity contribution >= 4 is 32.9 Å². The highest BCUT2D eigenvalue weighted by Crippen LogP contribution is 2.39. The summed E-state index contributed by atoms with van der Waals surface area (Å²) < 4.78 is 11.5. The van der Waals surface area contributed by atoms with Crippen LogP contribution in [0.5, 0.6) is 11.5 Å². The number of hydrogen-bond donors (Lipinski definition) is 2. The molecule has 2 aromatic heterocycles. The highest BCUT2D eigenvalue weighted by atomic mass is 16.4. The molecule has 150 valence electrons. The van der Waals surface area contributed by atoms with Gasteiger partial charge in [0.05, 0.1) is 5.39 Å². The molecule has 0 spiro atoms. The van der Waals surface area contributed by atoms with Crippen LogP contribution >= 0.6 is 0 Å². The third-order valence-corrected chi connectivity index (χ3v) is 6.15. The van der Waals surface area contributed by atoms with Crippen LogP contribution in [0.4, 0.5) is 0 Å². The molecular formula is C23H23NO5. The first-order valence-electron chi connectivity index (χ1n) is 9.88. The van der Waals surface area contributed by atoms with Gasteiger partial charge in [-0.15, -0.1) is 0 Å². The molecule has 1 aliphatic heterocycles. The Bertz CT molecular complexity index is 1300. The average Bonchev–Trinajstić information content (AvgIpc) is 3.06. The molecule has 0 bridgehead atoms. The number of furan rings is 1. The van der Waals surface area contributed by atoms with E-state index in [9.17, 15) is 15.0 Å². The predicted molar refractivity (Wildman–Crippen MR) is 111 cm³/mol. The third-order valence-electron chi connectivity index (χ3n) is 6.15. The Kier molecular flexibility index (Phi) is 3.90. The van der Waals surface area contributed by atoms with E-state index in [2.05, 4.69) is 18.7 Å². The van der Waals surface area contributed by atoms with Crippen molar-refractivity contribution in [1.82, 2.24) is 4.90 Å². The highest BCUT2D eigenvalue weighted by molar-refractivity contribution is 6.14. The van der Waals surface area contributed by atoms with Crippen LogP contribution in [0.3, 0.4) is 0 Å². The van der Waals surface area contributed by atoms with Crippen LogP contribution in [0.15, 0.2) is 44.0 Å². The SMILES string of the molecule is CC1(C)CCN(Cc2c(O)ccc3oc4c5ccc(O)cc5oc(=O)c4c23)CC1. The number of fused-ring (bicyclic) bond motifs is 5. The van der Waals surface area contributed by atoms with Gasteiger partial charge in [-0.05, 0) is 55.6 Å². The molecule has 0 amide bonds. The predicted octanol–water partition coefficient (Wildman–Crippen LogP) is 4.73. The van der Waals surface area contributed by atoms with E-state index in [4.69, 9.17) is 8.83 Å². The molecule has 2 N–H and O–H groups in total. The normalized spacial score (nSPS) is 17.4. The Morgan fingerprint density at radius 1 is 1.00 bits per heavy atom. The summed E-state index contributed by atoms with van der Waals surface area (Å²) in [5.74, 6) is 0.165. The van der Waals surface area contributed by atoms with E-state index < -0.39 is 5.63 Å². The molecule has 1 saturated heterocycles. The van der Waals surface area contributed by atoms with Gasteiger partial charge in [-0.3, -0.25) is 4.90 Å². The lowest BCUT2D eigenvalue weighted by molar-refractivity contribution is 0.126. The molecule has 6 nitrogen and oxygen atoms in total. The summed E-state index contributed by atoms with van der Waals surface area (Å²) >= 11 is 0. The highest BCUT2D eigenvalue weighted by Gasteiger charge is 2.27. The maximum Gasteiger partial charge on any atom is 0.348 e. The minimum absolute atomic E-state index is 0.0162. The molecule has 5 rings (SSSR count). The molecule has 6 heteroatoms. The van der Waals surface area contributed by atoms with E-state index in [1.807, 2.05) is 0 Å². The number of likely N-dealkylation sites (tertiary alicyclic amines) is 1. The largest absolute Gasteiger partial charge is 0.508 e. The molecule has 0 radical (unpaired) electrons. The van der Waals surface area contributed by atoms with Crippen molar-refractivity contribution in [2.45, 2.75) is 33.2 Å². The Morgan fingerprint density at radius 2 is 1.76 bits per heavy atom. The Hall–Kier alpha value is -2.99. The van der Waals surface area contributed by atoms with E-state index in [1.165, 1.54) is 12.1 Å². The third kappa shape index (κ3) is 2.95. The quantitative estimate of drug-likeness (QED) is 0.479. The molecule has 0 atom stereocenters. The van der Waals surface area contributed by atoms with Crippen LogP contribution in [0.25, 0.3) is 32.9 Å². The summed E-state index contributed by atoms with van der Waals surface area (Å²) in [7, 11) is 0. The topological polar surface area (TPSA) is 87.1 Å². The fourth-order valence-electron chi connectivity index (χ4n) is 4.27. The molecule has 3 heterocycles. The summed E-state index contributed by atoms with van der Waals surface area (Å²) in [4.78, 5) is 15.1. The Labute approximate surface area is 166 Å². The summed E-state index contributed by atoms with van der Waals surface area (Å²) in [5.41, 5.74) is 1.70. The molecule has 29 heavy (non-hydrogen) atoms. The van der Waals surface area contributed by atoms with Crippen LogP contribution in [0.2, 0.25) is 0 Å². The maximum absolute atomic E-state index is 12.8. The van der Waals surface area contributed by atoms with Gasteiger partial charge in [0.25, 0.3) is 0 Å². The van der Waals surface area contributed by atoms with E-state index in [0.717, 1.165) is 25.9 Å². The monoisotopic (exact) mass is 393 g/mol. The fraction of sp³-hybridized carbons (Fsp3) is 0.348. The number of benzene rings is 2. The first-order valence-corrected chi connectivity index (χ1v) is 9.88. The van der Waals surface area contributed by atoms with E-state index >= 15 is 0 Å². The van der Waals surface area contributed by atoms with Gasteiger partial charge in [0.1, 0.15) is 28.1 Å². The summed E-state index contributed by atoms with van der Waals surface area (Å²) in [6.07, 6.45) is 2.18. The van der Waals surface area contributed by atoms with Gasteiger partial charge in [-0.25, -0.2) is 4.79 Å². The van der Waals surface area contributed by atoms with Crippen molar-refractivity contribution in [3.05, 3.63) is 46.3 Å². The molecule has 1 aliphatic rings. The molecule has 1 fully saturated rings. The zero-order chi connectivity index (χ0) is 20.3. The van der Waals surface area contributed by atoms with Crippen molar-refractivity contribution in [3.63, 3.8) is 0 Å². The first kappa shape index (κ1) is 18.1. The minimum Gasteiger partial charge on any atom is -0.508 e. The van der Waals surface area contributed by atoms with Crippen molar-refractivity contribution in [1.29, 1.82) is 0 Å². The van der Waals surface area contributed by atoms with Crippen molar-refractivity contribution < 1.29 is 19.0 Å². The zero-order valence-electron chi connectivity index (χ0n) is 16.5. The lowest BCUT2D eigenvalue weighted by atomic mass is 9.82. The van der Waals surface area contributed by atoms with E-state index in [0.29, 0.717) is 44.8 Å². The molecule has 0 saturated carbocycles. The molecule has 2 aromatic carbocycles. The smallest absolute Gasteiger partial charge is 0.348 e. The summed E-state index contributed by atoms with van der Waals surface area (Å²) in [5, 5.41) is 21.9. The van der Waals surface area contributed by atoms with Gasteiger partial charge in [0.15, 0.2) is 5.58 Å². The number of hydrogen-bond acceptors (Lipinski definition) is 6. The lowest BCUT2D eigenvalue weighted by Crippen LogP contribution is -2.36. The van der Waals surface area contributed by atoms with Crippen LogP contribution in [0, 0.1) is 5.41 Å². The lowest BCUT2D eigenvalue weighted by Gasteiger charge is -2.37. The molecule has 4 aromatic rings. The van der Waals surface area contributed by atoms with Gasteiger partial charge in [-0.2, -0.15) is 0 Å². The van der Waals surface area contributed by atoms with Gasteiger partial charge in [-0.1, -0.05) is 13.8 Å². The standard InChI is InChI=1S/C23H23NO5/c1-23(2)7-9-24(10-8-23)12-15-16(26)5-6-17-19(15)20-21(28-17)14-4-3-13(25)11-18(14)29-22(20)27/h3-6,11,25-26H,7-10,12H2,1-2H3. The Morgan fingerprint density at radius 3 is 2.52 bits per heavy atom. The number of nitrogens with zero attached hydrogens (tertiary/aromatic N) is 1. The second-order valence-corrected chi connectivity index (χ2v) is 8.75. The number of phenolic OH excluding ortho intramolecular Hbond substituents is 2. The Balaban J connectivity index is 1.71. The fourth-order valence-corrected chi connectivity index (χ4v) is 4.27. The average molecular weight is 393 g/mol. The van der Waals surface area contributed by atoms with Crippen molar-refractivity contribution in [2.24, 2.45) is 5.41 Å². The first-order chi connectivity index (χ1) is 13.8. The van der Waals surface area contributed by atoms with Gasteiger partial charge in [0.2, 0.25) is 0 Å². The second-order valence-electron chi connectivity index (χ2n) is 8.75. The molecule has 0 aliphatic carbocycles. The minimum atomic E-state index is -0.538. The van der Waals surface area contributed by atoms with E-state index in [1.54, 1.807) is 18.2 Å². The van der Waals surface area contributed by atoms with Gasteiger partial charge < -0.3 is 19.0 Å². The molecular weight excluding hydrogens is 370 g/mol. The van der Waals surface area contributed by atoms with Crippen LogP contribution in [0.1, 0.15) is 32.3 Å². The number of aromatic hydroxyl groups is 2.